The molecular weight excluding hydrogens is 428 g/mol. The summed E-state index contributed by atoms with van der Waals surface area (Å²) in [5.74, 6) is -3.31. The third-order valence-corrected chi connectivity index (χ3v) is 5.45. The molecule has 3 rings (SSSR count). The molecule has 3 aromatic heterocycles. The minimum Gasteiger partial charge on any atom is -0.470 e. The molecule has 0 aliphatic heterocycles. The van der Waals surface area contributed by atoms with Crippen molar-refractivity contribution in [2.24, 2.45) is 5.92 Å². The lowest BCUT2D eigenvalue weighted by Crippen LogP contribution is -2.27. The number of aryl methyl sites for hydroxylation is 1. The fourth-order valence-electron chi connectivity index (χ4n) is 3.49. The van der Waals surface area contributed by atoms with E-state index in [4.69, 9.17) is 4.74 Å². The van der Waals surface area contributed by atoms with Gasteiger partial charge in [-0.25, -0.2) is 9.97 Å². The molecule has 0 fully saturated rings. The third kappa shape index (κ3) is 5.40. The quantitative estimate of drug-likeness (QED) is 0.403. The molecule has 0 aliphatic carbocycles. The van der Waals surface area contributed by atoms with Gasteiger partial charge in [0.05, 0.1) is 41.3 Å². The molecule has 0 amide bonds. The highest BCUT2D eigenvalue weighted by Crippen LogP contribution is 2.29. The number of nitrogens with zero attached hydrogens (tertiary/aromatic N) is 5. The Hall–Kier alpha value is -3.23. The van der Waals surface area contributed by atoms with Crippen LogP contribution in [-0.2, 0) is 11.3 Å². The second-order valence-electron chi connectivity index (χ2n) is 8.50. The van der Waals surface area contributed by atoms with E-state index in [0.717, 1.165) is 16.6 Å². The first kappa shape index (κ1) is 24.4. The maximum Gasteiger partial charge on any atom is 0.302 e. The van der Waals surface area contributed by atoms with Crippen LogP contribution in [0.1, 0.15) is 57.1 Å². The summed E-state index contributed by atoms with van der Waals surface area (Å²) in [6, 6.07) is 1.80. The molecule has 0 saturated carbocycles. The maximum atomic E-state index is 13.7. The molecule has 1 atom stereocenters. The second-order valence-corrected chi connectivity index (χ2v) is 8.50. The van der Waals surface area contributed by atoms with Crippen molar-refractivity contribution in [3.05, 3.63) is 53.9 Å². The number of Topliss-reactive ketones (excluding diaryl/α,β-unsaturated/α-hetero) is 1. The Kier molecular flexibility index (Phi) is 7.19. The van der Waals surface area contributed by atoms with Crippen molar-refractivity contribution in [2.45, 2.75) is 59.4 Å². The summed E-state index contributed by atoms with van der Waals surface area (Å²) in [5.41, 5.74) is 2.19. The van der Waals surface area contributed by atoms with Gasteiger partial charge in [-0.15, -0.1) is 0 Å². The molecule has 176 valence electrons. The molecule has 0 bridgehead atoms. The lowest BCUT2D eigenvalue weighted by atomic mass is 9.89. The average molecular weight is 458 g/mol. The molecule has 9 heteroatoms. The van der Waals surface area contributed by atoms with Crippen molar-refractivity contribution >= 4 is 16.7 Å². The number of hydrogen-bond donors (Lipinski definition) is 0. The molecule has 0 saturated heterocycles. The summed E-state index contributed by atoms with van der Waals surface area (Å²) in [6.07, 6.45) is 5.65. The van der Waals surface area contributed by atoms with Gasteiger partial charge in [0.25, 0.3) is 0 Å². The van der Waals surface area contributed by atoms with Crippen molar-refractivity contribution in [3.63, 3.8) is 0 Å². The van der Waals surface area contributed by atoms with Crippen LogP contribution >= 0.6 is 0 Å². The SMILES string of the molecule is C=C(C)C(F)(F)COc1ncc(Cn2cc3c(C(CC)C(=O)C(C)C)nccc3n2)nc1C. The van der Waals surface area contributed by atoms with Crippen LogP contribution in [0.5, 0.6) is 5.88 Å². The largest absolute Gasteiger partial charge is 0.470 e. The van der Waals surface area contributed by atoms with Crippen LogP contribution in [0.3, 0.4) is 0 Å². The number of rotatable bonds is 10. The Morgan fingerprint density at radius 1 is 1.30 bits per heavy atom. The van der Waals surface area contributed by atoms with Crippen molar-refractivity contribution in [3.8, 4) is 5.88 Å². The Balaban J connectivity index is 1.82. The number of aromatic nitrogens is 5. The van der Waals surface area contributed by atoms with E-state index in [0.29, 0.717) is 24.4 Å². The molecule has 3 heterocycles. The van der Waals surface area contributed by atoms with Gasteiger partial charge in [0.1, 0.15) is 5.78 Å². The summed E-state index contributed by atoms with van der Waals surface area (Å²) in [4.78, 5) is 25.8. The van der Waals surface area contributed by atoms with Crippen LogP contribution in [0, 0.1) is 12.8 Å². The zero-order valence-electron chi connectivity index (χ0n) is 19.6. The van der Waals surface area contributed by atoms with Gasteiger partial charge in [0.15, 0.2) is 6.61 Å². The Labute approximate surface area is 191 Å². The predicted molar refractivity (Wildman–Crippen MR) is 122 cm³/mol. The van der Waals surface area contributed by atoms with E-state index in [1.807, 2.05) is 27.0 Å². The predicted octanol–water partition coefficient (Wildman–Crippen LogP) is 4.89. The molecule has 0 N–H and O–H groups in total. The smallest absolute Gasteiger partial charge is 0.302 e. The minimum absolute atomic E-state index is 0.0507. The van der Waals surface area contributed by atoms with Crippen LogP contribution in [-0.4, -0.2) is 43.0 Å². The van der Waals surface area contributed by atoms with Gasteiger partial charge in [-0.2, -0.15) is 13.9 Å². The number of ketones is 1. The van der Waals surface area contributed by atoms with Crippen LogP contribution in [0.25, 0.3) is 10.9 Å². The molecule has 7 nitrogen and oxygen atoms in total. The van der Waals surface area contributed by atoms with Gasteiger partial charge in [0, 0.05) is 23.7 Å². The van der Waals surface area contributed by atoms with Gasteiger partial charge >= 0.3 is 5.92 Å². The first-order valence-corrected chi connectivity index (χ1v) is 10.9. The number of ether oxygens (including phenoxy) is 1. The molecule has 3 aromatic rings. The van der Waals surface area contributed by atoms with Gasteiger partial charge in [-0.05, 0) is 31.9 Å². The van der Waals surface area contributed by atoms with E-state index < -0.39 is 12.5 Å². The summed E-state index contributed by atoms with van der Waals surface area (Å²) >= 11 is 0. The Morgan fingerprint density at radius 2 is 2.03 bits per heavy atom. The lowest BCUT2D eigenvalue weighted by molar-refractivity contribution is -0.123. The standard InChI is InChI=1S/C24H29F2N5O2/c1-7-18(22(32)14(2)3)21-19-12-31(30-20(19)8-9-27-21)11-17-10-28-23(16(6)29-17)33-13-24(25,26)15(4)5/h8-10,12,14,18H,4,7,11,13H2,1-3,5-6H3. The van der Waals surface area contributed by atoms with Crippen LogP contribution in [0.2, 0.25) is 0 Å². The Morgan fingerprint density at radius 3 is 2.64 bits per heavy atom. The number of hydrogen-bond acceptors (Lipinski definition) is 6. The van der Waals surface area contributed by atoms with Crippen molar-refractivity contribution in [2.75, 3.05) is 6.61 Å². The number of carbonyl (C=O) groups excluding carboxylic acids is 1. The van der Waals surface area contributed by atoms with Crippen LogP contribution in [0.15, 0.2) is 36.8 Å². The number of alkyl halides is 2. The monoisotopic (exact) mass is 457 g/mol. The van der Waals surface area contributed by atoms with Crippen molar-refractivity contribution in [1.82, 2.24) is 24.7 Å². The summed E-state index contributed by atoms with van der Waals surface area (Å²) in [7, 11) is 0. The van der Waals surface area contributed by atoms with E-state index in [1.165, 1.54) is 13.1 Å². The first-order chi connectivity index (χ1) is 15.5. The highest BCUT2D eigenvalue weighted by Gasteiger charge is 2.31. The Bertz CT molecular complexity index is 1170. The fourth-order valence-corrected chi connectivity index (χ4v) is 3.49. The highest BCUT2D eigenvalue weighted by molar-refractivity contribution is 5.92. The van der Waals surface area contributed by atoms with Crippen molar-refractivity contribution < 1.29 is 18.3 Å². The molecule has 0 aromatic carbocycles. The topological polar surface area (TPSA) is 82.8 Å². The number of pyridine rings is 1. The van der Waals surface area contributed by atoms with E-state index >= 15 is 0 Å². The number of fused-ring (bicyclic) bond motifs is 1. The first-order valence-electron chi connectivity index (χ1n) is 10.9. The summed E-state index contributed by atoms with van der Waals surface area (Å²) < 4.78 is 34.3. The normalized spacial score (nSPS) is 12.8. The van der Waals surface area contributed by atoms with E-state index in [2.05, 4.69) is 26.6 Å². The van der Waals surface area contributed by atoms with Crippen molar-refractivity contribution in [1.29, 1.82) is 0 Å². The highest BCUT2D eigenvalue weighted by atomic mass is 19.3. The van der Waals surface area contributed by atoms with Crippen LogP contribution in [0.4, 0.5) is 8.78 Å². The summed E-state index contributed by atoms with van der Waals surface area (Å²) in [6.45, 7) is 11.4. The third-order valence-electron chi connectivity index (χ3n) is 5.45. The average Bonchev–Trinajstić information content (AvgIpc) is 3.16. The number of carbonyl (C=O) groups is 1. The summed E-state index contributed by atoms with van der Waals surface area (Å²) in [5, 5.41) is 5.41. The molecular formula is C24H29F2N5O2. The molecule has 0 aliphatic rings. The van der Waals surface area contributed by atoms with Crippen LogP contribution < -0.4 is 4.74 Å². The second kappa shape index (κ2) is 9.72. The van der Waals surface area contributed by atoms with Gasteiger partial charge in [-0.3, -0.25) is 14.5 Å². The fraction of sp³-hybridized carbons (Fsp3) is 0.458. The molecule has 33 heavy (non-hydrogen) atoms. The molecule has 1 unspecified atom stereocenters. The lowest BCUT2D eigenvalue weighted by Gasteiger charge is -2.17. The maximum absolute atomic E-state index is 13.7. The van der Waals surface area contributed by atoms with Gasteiger partial charge < -0.3 is 4.74 Å². The van der Waals surface area contributed by atoms with E-state index in [-0.39, 0.29) is 29.1 Å². The zero-order chi connectivity index (χ0) is 24.3. The zero-order valence-corrected chi connectivity index (χ0v) is 19.6. The molecule has 0 spiro atoms. The number of halogens is 2. The van der Waals surface area contributed by atoms with E-state index in [9.17, 15) is 13.6 Å². The minimum atomic E-state index is -3.14. The molecule has 0 radical (unpaired) electrons. The van der Waals surface area contributed by atoms with E-state index in [1.54, 1.807) is 23.9 Å². The van der Waals surface area contributed by atoms with Gasteiger partial charge in [-0.1, -0.05) is 27.4 Å². The van der Waals surface area contributed by atoms with Gasteiger partial charge in [0.2, 0.25) is 5.88 Å².